The highest BCUT2D eigenvalue weighted by Crippen LogP contribution is 2.27. The van der Waals surface area contributed by atoms with Crippen LogP contribution in [0.2, 0.25) is 0 Å². The Bertz CT molecular complexity index is 1730. The van der Waals surface area contributed by atoms with Crippen LogP contribution in [-0.2, 0) is 28.7 Å². The molecule has 0 unspecified atom stereocenters. The van der Waals surface area contributed by atoms with Crippen LogP contribution >= 0.6 is 0 Å². The van der Waals surface area contributed by atoms with Crippen molar-refractivity contribution in [3.8, 4) is 28.4 Å². The van der Waals surface area contributed by atoms with Gasteiger partial charge in [-0.3, -0.25) is 9.59 Å². The molecule has 3 aromatic rings. The number of esters is 5. The van der Waals surface area contributed by atoms with Gasteiger partial charge in [0, 0.05) is 11.1 Å². The third kappa shape index (κ3) is 11.3. The number of hydrogen-bond acceptors (Lipinski definition) is 10. The summed E-state index contributed by atoms with van der Waals surface area (Å²) in [7, 11) is 0. The van der Waals surface area contributed by atoms with Crippen LogP contribution in [0, 0.1) is 0 Å². The Morgan fingerprint density at radius 1 is 0.490 bits per heavy atom. The molecule has 3 aromatic carbocycles. The number of benzene rings is 3. The Hall–Kier alpha value is -5.51. The third-order valence-electron chi connectivity index (χ3n) is 8.76. The fourth-order valence-electron chi connectivity index (χ4n) is 5.93. The van der Waals surface area contributed by atoms with Gasteiger partial charge in [-0.2, -0.15) is 0 Å². The summed E-state index contributed by atoms with van der Waals surface area (Å²) in [6, 6.07) is 19.5. The molecule has 266 valence electrons. The molecule has 10 heteroatoms. The van der Waals surface area contributed by atoms with Crippen LogP contribution in [0.25, 0.3) is 11.1 Å². The zero-order chi connectivity index (χ0) is 36.2. The van der Waals surface area contributed by atoms with Crippen LogP contribution < -0.4 is 14.2 Å². The SMILES string of the molecule is C=C(CC(=O)OC1CCCCC1)C(=O)Oc1ccc(C(=O)Oc2ccc(-c3ccc(OC(=O)C(=C)CC(=O)OC4CCCCC4)cc3)cc2)cc1. The van der Waals surface area contributed by atoms with E-state index in [1.807, 2.05) is 0 Å². The molecule has 0 aliphatic heterocycles. The van der Waals surface area contributed by atoms with Crippen molar-refractivity contribution in [1.82, 2.24) is 0 Å². The lowest BCUT2D eigenvalue weighted by molar-refractivity contribution is -0.151. The molecule has 0 saturated heterocycles. The first-order valence-electron chi connectivity index (χ1n) is 17.3. The molecular formula is C41H42O10. The first-order valence-corrected chi connectivity index (χ1v) is 17.3. The highest BCUT2D eigenvalue weighted by molar-refractivity contribution is 5.95. The van der Waals surface area contributed by atoms with Crippen molar-refractivity contribution in [2.24, 2.45) is 0 Å². The number of hydrogen-bond donors (Lipinski definition) is 0. The van der Waals surface area contributed by atoms with Gasteiger partial charge in [0.1, 0.15) is 29.5 Å². The molecule has 2 aliphatic rings. The molecule has 10 nitrogen and oxygen atoms in total. The molecule has 2 aliphatic carbocycles. The summed E-state index contributed by atoms with van der Waals surface area (Å²) < 4.78 is 27.1. The highest BCUT2D eigenvalue weighted by atomic mass is 16.6. The van der Waals surface area contributed by atoms with E-state index in [0.29, 0.717) is 11.5 Å². The molecule has 0 atom stereocenters. The monoisotopic (exact) mass is 694 g/mol. The Morgan fingerprint density at radius 2 is 0.843 bits per heavy atom. The van der Waals surface area contributed by atoms with Gasteiger partial charge in [0.15, 0.2) is 0 Å². The summed E-state index contributed by atoms with van der Waals surface area (Å²) in [4.78, 5) is 62.1. The quantitative estimate of drug-likeness (QED) is 0.0984. The van der Waals surface area contributed by atoms with Gasteiger partial charge in [-0.15, -0.1) is 0 Å². The molecule has 0 spiro atoms. The van der Waals surface area contributed by atoms with E-state index in [0.717, 1.165) is 75.3 Å². The summed E-state index contributed by atoms with van der Waals surface area (Å²) in [5, 5.41) is 0. The lowest BCUT2D eigenvalue weighted by Gasteiger charge is -2.21. The minimum atomic E-state index is -0.754. The third-order valence-corrected chi connectivity index (χ3v) is 8.76. The molecule has 0 radical (unpaired) electrons. The van der Waals surface area contributed by atoms with Crippen molar-refractivity contribution in [3.05, 3.63) is 103 Å². The van der Waals surface area contributed by atoms with E-state index in [4.69, 9.17) is 23.7 Å². The largest absolute Gasteiger partial charge is 0.462 e. The summed E-state index contributed by atoms with van der Waals surface area (Å²) >= 11 is 0. The number of rotatable bonds is 13. The maximum absolute atomic E-state index is 12.7. The molecule has 2 saturated carbocycles. The molecular weight excluding hydrogens is 652 g/mol. The fraction of sp³-hybridized carbons (Fsp3) is 0.341. The Labute approximate surface area is 297 Å². The van der Waals surface area contributed by atoms with E-state index in [1.165, 1.54) is 24.3 Å². The number of carbonyl (C=O) groups is 5. The van der Waals surface area contributed by atoms with Gasteiger partial charge in [-0.25, -0.2) is 14.4 Å². The van der Waals surface area contributed by atoms with Crippen LogP contribution in [0.5, 0.6) is 17.2 Å². The lowest BCUT2D eigenvalue weighted by atomic mass is 9.98. The highest BCUT2D eigenvalue weighted by Gasteiger charge is 2.22. The van der Waals surface area contributed by atoms with Gasteiger partial charge in [-0.1, -0.05) is 50.3 Å². The summed E-state index contributed by atoms with van der Waals surface area (Å²) in [5.41, 5.74) is 1.90. The van der Waals surface area contributed by atoms with Crippen LogP contribution in [-0.4, -0.2) is 42.1 Å². The van der Waals surface area contributed by atoms with Crippen LogP contribution in [0.1, 0.15) is 87.4 Å². The zero-order valence-electron chi connectivity index (χ0n) is 28.6. The molecule has 51 heavy (non-hydrogen) atoms. The average molecular weight is 695 g/mol. The molecule has 0 heterocycles. The van der Waals surface area contributed by atoms with E-state index in [1.54, 1.807) is 48.5 Å². The maximum Gasteiger partial charge on any atom is 0.343 e. The Balaban J connectivity index is 1.05. The van der Waals surface area contributed by atoms with Crippen molar-refractivity contribution >= 4 is 29.8 Å². The molecule has 0 amide bonds. The normalized spacial score (nSPS) is 14.8. The fourth-order valence-corrected chi connectivity index (χ4v) is 5.93. The van der Waals surface area contributed by atoms with E-state index in [9.17, 15) is 24.0 Å². The van der Waals surface area contributed by atoms with E-state index in [2.05, 4.69) is 13.2 Å². The second-order valence-corrected chi connectivity index (χ2v) is 12.8. The van der Waals surface area contributed by atoms with Gasteiger partial charge in [-0.05, 0) is 111 Å². The molecule has 0 bridgehead atoms. The summed E-state index contributed by atoms with van der Waals surface area (Å²) in [6.45, 7) is 7.35. The molecule has 5 rings (SSSR count). The standard InChI is InChI=1S/C41H42O10/c1-27(25-37(42)47-32-9-5-3-6-10-32)39(44)49-34-19-13-29(14-20-34)30-15-21-36(22-16-30)51-41(46)31-17-23-35(24-18-31)50-40(45)28(2)26-38(43)48-33-11-7-4-8-12-33/h13-24,32-33H,1-12,25-26H2. The van der Waals surface area contributed by atoms with Crippen LogP contribution in [0.4, 0.5) is 0 Å². The zero-order valence-corrected chi connectivity index (χ0v) is 28.6. The van der Waals surface area contributed by atoms with Gasteiger partial charge in [0.25, 0.3) is 0 Å². The van der Waals surface area contributed by atoms with Crippen molar-refractivity contribution in [1.29, 1.82) is 0 Å². The second kappa shape index (κ2) is 17.9. The van der Waals surface area contributed by atoms with Crippen LogP contribution in [0.3, 0.4) is 0 Å². The summed E-state index contributed by atoms with van der Waals surface area (Å²) in [6.07, 6.45) is 9.09. The Morgan fingerprint density at radius 3 is 1.24 bits per heavy atom. The average Bonchev–Trinajstić information content (AvgIpc) is 3.13. The predicted octanol–water partition coefficient (Wildman–Crippen LogP) is 8.03. The molecule has 2 fully saturated rings. The minimum Gasteiger partial charge on any atom is -0.462 e. The minimum absolute atomic E-state index is 0.0199. The van der Waals surface area contributed by atoms with Crippen molar-refractivity contribution in [2.45, 2.75) is 89.3 Å². The van der Waals surface area contributed by atoms with E-state index < -0.39 is 29.8 Å². The second-order valence-electron chi connectivity index (χ2n) is 12.8. The van der Waals surface area contributed by atoms with Gasteiger partial charge < -0.3 is 23.7 Å². The van der Waals surface area contributed by atoms with Crippen molar-refractivity contribution in [3.63, 3.8) is 0 Å². The first-order chi connectivity index (χ1) is 24.6. The number of ether oxygens (including phenoxy) is 5. The van der Waals surface area contributed by atoms with Crippen molar-refractivity contribution in [2.75, 3.05) is 0 Å². The topological polar surface area (TPSA) is 132 Å². The Kier molecular flexibility index (Phi) is 12.9. The molecule has 0 N–H and O–H groups in total. The number of carbonyl (C=O) groups excluding carboxylic acids is 5. The van der Waals surface area contributed by atoms with Gasteiger partial charge >= 0.3 is 29.8 Å². The predicted molar refractivity (Wildman–Crippen MR) is 188 cm³/mol. The van der Waals surface area contributed by atoms with Crippen molar-refractivity contribution < 1.29 is 47.7 Å². The van der Waals surface area contributed by atoms with Gasteiger partial charge in [0.05, 0.1) is 18.4 Å². The van der Waals surface area contributed by atoms with E-state index >= 15 is 0 Å². The van der Waals surface area contributed by atoms with Crippen LogP contribution in [0.15, 0.2) is 97.1 Å². The lowest BCUT2D eigenvalue weighted by Crippen LogP contribution is -2.22. The molecule has 0 aromatic heterocycles. The van der Waals surface area contributed by atoms with E-state index in [-0.39, 0.29) is 47.5 Å². The summed E-state index contributed by atoms with van der Waals surface area (Å²) in [5.74, 6) is -2.22. The maximum atomic E-state index is 12.7. The smallest absolute Gasteiger partial charge is 0.343 e. The van der Waals surface area contributed by atoms with Gasteiger partial charge in [0.2, 0.25) is 0 Å². The first kappa shape index (κ1) is 36.8.